The van der Waals surface area contributed by atoms with Gasteiger partial charge in [0, 0.05) is 16.0 Å². The second-order valence-corrected chi connectivity index (χ2v) is 5.46. The first-order chi connectivity index (χ1) is 8.70. The van der Waals surface area contributed by atoms with Gasteiger partial charge in [-0.2, -0.15) is 0 Å². The van der Waals surface area contributed by atoms with Crippen molar-refractivity contribution in [3.05, 3.63) is 64.7 Å². The van der Waals surface area contributed by atoms with Crippen LogP contribution in [0.25, 0.3) is 0 Å². The van der Waals surface area contributed by atoms with Crippen LogP contribution in [-0.4, -0.2) is 6.26 Å². The van der Waals surface area contributed by atoms with Gasteiger partial charge in [-0.25, -0.2) is 0 Å². The largest absolute Gasteiger partial charge is 0.324 e. The molecule has 0 aromatic heterocycles. The lowest BCUT2D eigenvalue weighted by Gasteiger charge is -2.15. The van der Waals surface area contributed by atoms with Crippen molar-refractivity contribution in [1.82, 2.24) is 0 Å². The number of benzene rings is 2. The summed E-state index contributed by atoms with van der Waals surface area (Å²) in [4.78, 5) is 1.25. The van der Waals surface area contributed by atoms with Crippen molar-refractivity contribution in [3.8, 4) is 0 Å². The molecular formula is C15H16ClNS. The summed E-state index contributed by atoms with van der Waals surface area (Å²) in [6.07, 6.45) is 2.91. The topological polar surface area (TPSA) is 26.0 Å². The highest BCUT2D eigenvalue weighted by Gasteiger charge is 2.10. The van der Waals surface area contributed by atoms with Crippen molar-refractivity contribution < 1.29 is 0 Å². The highest BCUT2D eigenvalue weighted by atomic mass is 35.5. The van der Waals surface area contributed by atoms with Crippen LogP contribution >= 0.6 is 23.4 Å². The molecular weight excluding hydrogens is 262 g/mol. The maximum atomic E-state index is 6.30. The first-order valence-electron chi connectivity index (χ1n) is 5.83. The lowest BCUT2D eigenvalue weighted by Crippen LogP contribution is -2.14. The van der Waals surface area contributed by atoms with Crippen LogP contribution in [0.1, 0.15) is 17.2 Å². The van der Waals surface area contributed by atoms with E-state index in [4.69, 9.17) is 17.3 Å². The van der Waals surface area contributed by atoms with Gasteiger partial charge in [0.05, 0.1) is 0 Å². The van der Waals surface area contributed by atoms with Crippen molar-refractivity contribution >= 4 is 23.4 Å². The molecule has 3 heteroatoms. The molecule has 2 aromatic carbocycles. The zero-order chi connectivity index (χ0) is 13.0. The lowest BCUT2D eigenvalue weighted by molar-refractivity contribution is 0.708. The van der Waals surface area contributed by atoms with E-state index in [1.54, 1.807) is 11.8 Å². The smallest absolute Gasteiger partial charge is 0.0406 e. The Labute approximate surface area is 117 Å². The predicted octanol–water partition coefficient (Wildman–Crippen LogP) is 4.30. The normalized spacial score (nSPS) is 12.4. The minimum atomic E-state index is 0.0230. The SMILES string of the molecule is CSc1ccccc1C(N)Cc1ccc(Cl)cc1. The molecule has 0 saturated heterocycles. The fourth-order valence-corrected chi connectivity index (χ4v) is 2.75. The van der Waals surface area contributed by atoms with Gasteiger partial charge < -0.3 is 5.73 Å². The molecule has 0 fully saturated rings. The number of nitrogens with two attached hydrogens (primary N) is 1. The lowest BCUT2D eigenvalue weighted by atomic mass is 10.00. The van der Waals surface area contributed by atoms with Gasteiger partial charge >= 0.3 is 0 Å². The fourth-order valence-electron chi connectivity index (χ4n) is 1.96. The Balaban J connectivity index is 2.16. The van der Waals surface area contributed by atoms with Crippen LogP contribution in [0.5, 0.6) is 0 Å². The summed E-state index contributed by atoms with van der Waals surface area (Å²) in [5.74, 6) is 0. The average Bonchev–Trinajstić information content (AvgIpc) is 2.41. The Hall–Kier alpha value is -0.960. The monoisotopic (exact) mass is 277 g/mol. The van der Waals surface area contributed by atoms with Crippen molar-refractivity contribution in [3.63, 3.8) is 0 Å². The Morgan fingerprint density at radius 2 is 1.78 bits per heavy atom. The Morgan fingerprint density at radius 3 is 2.44 bits per heavy atom. The molecule has 2 rings (SSSR count). The van der Waals surface area contributed by atoms with E-state index in [-0.39, 0.29) is 6.04 Å². The van der Waals surface area contributed by atoms with Gasteiger partial charge in [-0.3, -0.25) is 0 Å². The molecule has 0 aliphatic heterocycles. The highest BCUT2D eigenvalue weighted by Crippen LogP contribution is 2.26. The molecule has 94 valence electrons. The summed E-state index contributed by atoms with van der Waals surface area (Å²) < 4.78 is 0. The summed E-state index contributed by atoms with van der Waals surface area (Å²) in [6.45, 7) is 0. The van der Waals surface area contributed by atoms with Crippen molar-refractivity contribution in [1.29, 1.82) is 0 Å². The van der Waals surface area contributed by atoms with Gasteiger partial charge in [0.1, 0.15) is 0 Å². The third-order valence-electron chi connectivity index (χ3n) is 2.91. The summed E-state index contributed by atoms with van der Waals surface area (Å²) in [5.41, 5.74) is 8.71. The zero-order valence-corrected chi connectivity index (χ0v) is 11.8. The molecule has 1 atom stereocenters. The third-order valence-corrected chi connectivity index (χ3v) is 3.97. The van der Waals surface area contributed by atoms with E-state index < -0.39 is 0 Å². The Bertz CT molecular complexity index is 510. The predicted molar refractivity (Wildman–Crippen MR) is 80.3 cm³/mol. The van der Waals surface area contributed by atoms with Gasteiger partial charge in [-0.05, 0) is 42.0 Å². The fraction of sp³-hybridized carbons (Fsp3) is 0.200. The summed E-state index contributed by atoms with van der Waals surface area (Å²) >= 11 is 7.61. The number of thioether (sulfide) groups is 1. The van der Waals surface area contributed by atoms with E-state index in [1.807, 2.05) is 36.4 Å². The van der Waals surface area contributed by atoms with E-state index in [1.165, 1.54) is 16.0 Å². The molecule has 0 aliphatic rings. The summed E-state index contributed by atoms with van der Waals surface area (Å²) in [7, 11) is 0. The first-order valence-corrected chi connectivity index (χ1v) is 7.44. The third kappa shape index (κ3) is 3.29. The molecule has 2 aromatic rings. The van der Waals surface area contributed by atoms with Crippen LogP contribution in [0.2, 0.25) is 5.02 Å². The minimum Gasteiger partial charge on any atom is -0.324 e. The second kappa shape index (κ2) is 6.28. The van der Waals surface area contributed by atoms with Crippen LogP contribution < -0.4 is 5.73 Å². The molecule has 0 bridgehead atoms. The molecule has 2 N–H and O–H groups in total. The van der Waals surface area contributed by atoms with Crippen molar-refractivity contribution in [2.24, 2.45) is 5.73 Å². The van der Waals surface area contributed by atoms with Crippen LogP contribution in [0.4, 0.5) is 0 Å². The van der Waals surface area contributed by atoms with E-state index >= 15 is 0 Å². The summed E-state index contributed by atoms with van der Waals surface area (Å²) in [6, 6.07) is 16.2. The zero-order valence-electron chi connectivity index (χ0n) is 10.3. The maximum Gasteiger partial charge on any atom is 0.0406 e. The van der Waals surface area contributed by atoms with Gasteiger partial charge in [0.2, 0.25) is 0 Å². The van der Waals surface area contributed by atoms with Crippen molar-refractivity contribution in [2.75, 3.05) is 6.26 Å². The van der Waals surface area contributed by atoms with Crippen LogP contribution in [-0.2, 0) is 6.42 Å². The molecule has 0 amide bonds. The molecule has 18 heavy (non-hydrogen) atoms. The van der Waals surface area contributed by atoms with Crippen LogP contribution in [0.15, 0.2) is 53.4 Å². The number of hydrogen-bond donors (Lipinski definition) is 1. The van der Waals surface area contributed by atoms with E-state index in [9.17, 15) is 0 Å². The average molecular weight is 278 g/mol. The first kappa shape index (κ1) is 13.5. The Morgan fingerprint density at radius 1 is 1.11 bits per heavy atom. The molecule has 0 spiro atoms. The quantitative estimate of drug-likeness (QED) is 0.843. The van der Waals surface area contributed by atoms with E-state index in [0.29, 0.717) is 0 Å². The van der Waals surface area contributed by atoms with Gasteiger partial charge in [-0.15, -0.1) is 11.8 Å². The highest BCUT2D eigenvalue weighted by molar-refractivity contribution is 7.98. The van der Waals surface area contributed by atoms with Crippen molar-refractivity contribution in [2.45, 2.75) is 17.4 Å². The molecule has 0 radical (unpaired) electrons. The number of rotatable bonds is 4. The van der Waals surface area contributed by atoms with E-state index in [0.717, 1.165) is 11.4 Å². The van der Waals surface area contributed by atoms with Gasteiger partial charge in [0.15, 0.2) is 0 Å². The van der Waals surface area contributed by atoms with Crippen LogP contribution in [0, 0.1) is 0 Å². The number of hydrogen-bond acceptors (Lipinski definition) is 2. The second-order valence-electron chi connectivity index (χ2n) is 4.18. The molecule has 0 aliphatic carbocycles. The molecule has 0 heterocycles. The molecule has 0 saturated carbocycles. The Kier molecular flexibility index (Phi) is 4.70. The van der Waals surface area contributed by atoms with Crippen LogP contribution in [0.3, 0.4) is 0 Å². The maximum absolute atomic E-state index is 6.30. The molecule has 1 nitrogen and oxygen atoms in total. The number of halogens is 1. The minimum absolute atomic E-state index is 0.0230. The van der Waals surface area contributed by atoms with Gasteiger partial charge in [-0.1, -0.05) is 41.9 Å². The summed E-state index contributed by atoms with van der Waals surface area (Å²) in [5, 5.41) is 0.761. The van der Waals surface area contributed by atoms with E-state index in [2.05, 4.69) is 18.4 Å². The van der Waals surface area contributed by atoms with Gasteiger partial charge in [0.25, 0.3) is 0 Å². The molecule has 1 unspecified atom stereocenters. The standard InChI is InChI=1S/C15H16ClNS/c1-18-15-5-3-2-4-13(15)14(17)10-11-6-8-12(16)9-7-11/h2-9,14H,10,17H2,1H3.